The third-order valence-electron chi connectivity index (χ3n) is 8.69. The smallest absolute Gasteiger partial charge is 0.245 e. The number of nitrogens with one attached hydrogen (secondary N) is 1. The van der Waals surface area contributed by atoms with E-state index in [0.29, 0.717) is 24.9 Å². The zero-order chi connectivity index (χ0) is 29.0. The number of rotatable bonds is 13. The quantitative estimate of drug-likeness (QED) is 0.315. The summed E-state index contributed by atoms with van der Waals surface area (Å²) in [6.07, 6.45) is 10.9. The molecule has 4 rings (SSSR count). The highest BCUT2D eigenvalue weighted by Gasteiger charge is 2.32. The van der Waals surface area contributed by atoms with Gasteiger partial charge in [0.15, 0.2) is 0 Å². The van der Waals surface area contributed by atoms with E-state index in [-0.39, 0.29) is 17.9 Å². The summed E-state index contributed by atoms with van der Waals surface area (Å²) in [5, 5.41) is 3.24. The van der Waals surface area contributed by atoms with Gasteiger partial charge in [0.1, 0.15) is 18.4 Å². The molecule has 2 atom stereocenters. The number of ether oxygens (including phenoxy) is 1. The molecule has 224 valence electrons. The Labute approximate surface area is 247 Å². The van der Waals surface area contributed by atoms with Gasteiger partial charge in [0.05, 0.1) is 6.04 Å². The Morgan fingerprint density at radius 3 is 2.22 bits per heavy atom. The number of likely N-dealkylation sites (tertiary alicyclic amines) is 1. The van der Waals surface area contributed by atoms with E-state index in [9.17, 15) is 9.59 Å². The molecule has 2 unspecified atom stereocenters. The molecule has 1 aliphatic carbocycles. The second kappa shape index (κ2) is 16.0. The van der Waals surface area contributed by atoms with Gasteiger partial charge < -0.3 is 15.0 Å². The van der Waals surface area contributed by atoms with Crippen molar-refractivity contribution < 1.29 is 14.3 Å². The highest BCUT2D eigenvalue weighted by Crippen LogP contribution is 2.26. The number of amides is 2. The van der Waals surface area contributed by atoms with Gasteiger partial charge in [0.2, 0.25) is 11.8 Å². The van der Waals surface area contributed by atoms with Crippen LogP contribution in [0.1, 0.15) is 82.8 Å². The van der Waals surface area contributed by atoms with Crippen molar-refractivity contribution in [2.45, 2.75) is 96.7 Å². The Kier molecular flexibility index (Phi) is 12.1. The summed E-state index contributed by atoms with van der Waals surface area (Å²) >= 11 is 0. The van der Waals surface area contributed by atoms with E-state index < -0.39 is 6.04 Å². The van der Waals surface area contributed by atoms with Crippen molar-refractivity contribution in [1.29, 1.82) is 0 Å². The summed E-state index contributed by atoms with van der Waals surface area (Å²) in [6.45, 7) is 7.35. The number of hydrogen-bond acceptors (Lipinski definition) is 4. The molecule has 2 aromatic rings. The van der Waals surface area contributed by atoms with Crippen LogP contribution in [0.25, 0.3) is 0 Å². The summed E-state index contributed by atoms with van der Waals surface area (Å²) < 4.78 is 5.97. The Bertz CT molecular complexity index is 1060. The van der Waals surface area contributed by atoms with Crippen molar-refractivity contribution in [1.82, 2.24) is 15.1 Å². The summed E-state index contributed by atoms with van der Waals surface area (Å²) in [4.78, 5) is 31.9. The average molecular weight is 562 g/mol. The molecular formula is C35H51N3O3. The first kappa shape index (κ1) is 31.1. The minimum Gasteiger partial charge on any atom is -0.489 e. The lowest BCUT2D eigenvalue weighted by atomic mass is 9.88. The molecule has 2 aliphatic rings. The summed E-state index contributed by atoms with van der Waals surface area (Å²) in [5.74, 6) is 1.86. The Morgan fingerprint density at radius 2 is 1.56 bits per heavy atom. The van der Waals surface area contributed by atoms with Gasteiger partial charge in [-0.05, 0) is 80.7 Å². The van der Waals surface area contributed by atoms with Crippen molar-refractivity contribution in [2.24, 2.45) is 11.8 Å². The summed E-state index contributed by atoms with van der Waals surface area (Å²) in [6, 6.07) is 17.3. The number of piperidine rings is 1. The van der Waals surface area contributed by atoms with Crippen LogP contribution in [0.2, 0.25) is 0 Å². The third-order valence-corrected chi connectivity index (χ3v) is 8.69. The van der Waals surface area contributed by atoms with Crippen molar-refractivity contribution in [3.63, 3.8) is 0 Å². The van der Waals surface area contributed by atoms with Crippen molar-refractivity contribution in [3.05, 3.63) is 65.7 Å². The van der Waals surface area contributed by atoms with Crippen molar-refractivity contribution in [3.8, 4) is 5.75 Å². The second-order valence-electron chi connectivity index (χ2n) is 12.7. The molecule has 6 nitrogen and oxygen atoms in total. The third kappa shape index (κ3) is 9.88. The molecule has 0 aromatic heterocycles. The van der Waals surface area contributed by atoms with Gasteiger partial charge in [-0.15, -0.1) is 0 Å². The molecule has 2 fully saturated rings. The van der Waals surface area contributed by atoms with E-state index in [1.807, 2.05) is 59.5 Å². The van der Waals surface area contributed by atoms with Crippen molar-refractivity contribution >= 4 is 11.8 Å². The summed E-state index contributed by atoms with van der Waals surface area (Å²) in [7, 11) is 2.09. The van der Waals surface area contributed by atoms with Gasteiger partial charge in [-0.2, -0.15) is 0 Å². The van der Waals surface area contributed by atoms with E-state index in [1.165, 1.54) is 32.1 Å². The first-order valence-corrected chi connectivity index (χ1v) is 15.9. The number of likely N-dealkylation sites (N-methyl/N-ethyl adjacent to an activating group) is 1. The molecule has 0 radical (unpaired) electrons. The number of carbonyl (C=O) groups is 2. The number of benzene rings is 2. The minimum atomic E-state index is -0.575. The van der Waals surface area contributed by atoms with Gasteiger partial charge >= 0.3 is 0 Å². The molecule has 1 N–H and O–H groups in total. The first-order chi connectivity index (χ1) is 19.9. The molecule has 1 aliphatic heterocycles. The Hall–Kier alpha value is -2.86. The molecular weight excluding hydrogens is 510 g/mol. The first-order valence-electron chi connectivity index (χ1n) is 15.9. The zero-order valence-electron chi connectivity index (χ0n) is 25.5. The van der Waals surface area contributed by atoms with E-state index >= 15 is 0 Å². The van der Waals surface area contributed by atoms with Gasteiger partial charge in [0, 0.05) is 26.1 Å². The van der Waals surface area contributed by atoms with Gasteiger partial charge in [-0.1, -0.05) is 75.6 Å². The normalized spacial score (nSPS) is 17.8. The molecule has 0 bridgehead atoms. The van der Waals surface area contributed by atoms with Crippen molar-refractivity contribution in [2.75, 3.05) is 26.7 Å². The lowest BCUT2D eigenvalue weighted by Gasteiger charge is -2.35. The second-order valence-corrected chi connectivity index (χ2v) is 12.7. The van der Waals surface area contributed by atoms with E-state index in [4.69, 9.17) is 4.74 Å². The van der Waals surface area contributed by atoms with Gasteiger partial charge in [-0.3, -0.25) is 14.5 Å². The van der Waals surface area contributed by atoms with Gasteiger partial charge in [-0.25, -0.2) is 0 Å². The lowest BCUT2D eigenvalue weighted by molar-refractivity contribution is -0.138. The number of nitrogens with zero attached hydrogens (tertiary/aromatic N) is 2. The fourth-order valence-corrected chi connectivity index (χ4v) is 6.34. The fraction of sp³-hybridized carbons (Fsp3) is 0.600. The molecule has 2 aromatic carbocycles. The van der Waals surface area contributed by atoms with E-state index in [0.717, 1.165) is 62.2 Å². The molecule has 0 spiro atoms. The highest BCUT2D eigenvalue weighted by molar-refractivity contribution is 5.90. The molecule has 2 amide bonds. The number of carbonyl (C=O) groups excluding carboxylic acids is 2. The Balaban J connectivity index is 1.44. The largest absolute Gasteiger partial charge is 0.489 e. The predicted octanol–water partition coefficient (Wildman–Crippen LogP) is 6.23. The van der Waals surface area contributed by atoms with Crippen LogP contribution >= 0.6 is 0 Å². The highest BCUT2D eigenvalue weighted by atomic mass is 16.5. The van der Waals surface area contributed by atoms with Crippen LogP contribution in [0.4, 0.5) is 0 Å². The lowest BCUT2D eigenvalue weighted by Crippen LogP contribution is -2.56. The van der Waals surface area contributed by atoms with E-state index in [1.54, 1.807) is 0 Å². The zero-order valence-corrected chi connectivity index (χ0v) is 25.5. The maximum atomic E-state index is 13.9. The SMILES string of the molecule is CC(C)CC(C(=O)NC(Cc1ccc(OCc2ccccc2)cc1)C(=O)N1CCCCC1)N(C)CC1CCCCC1. The van der Waals surface area contributed by atoms with E-state index in [2.05, 4.69) is 31.1 Å². The van der Waals surface area contributed by atoms with Crippen LogP contribution in [0, 0.1) is 11.8 Å². The van der Waals surface area contributed by atoms with Gasteiger partial charge in [0.25, 0.3) is 0 Å². The van der Waals surface area contributed by atoms with Crippen LogP contribution in [0.15, 0.2) is 54.6 Å². The van der Waals surface area contributed by atoms with Crippen LogP contribution in [0.3, 0.4) is 0 Å². The number of hydrogen-bond donors (Lipinski definition) is 1. The van der Waals surface area contributed by atoms with Crippen LogP contribution < -0.4 is 10.1 Å². The fourth-order valence-electron chi connectivity index (χ4n) is 6.34. The maximum Gasteiger partial charge on any atom is 0.245 e. The Morgan fingerprint density at radius 1 is 0.902 bits per heavy atom. The van der Waals surface area contributed by atoms with Crippen LogP contribution in [-0.2, 0) is 22.6 Å². The molecule has 1 heterocycles. The molecule has 1 saturated heterocycles. The average Bonchev–Trinajstić information content (AvgIpc) is 3.00. The minimum absolute atomic E-state index is 0.0183. The standard InChI is InChI=1S/C35H51N3O3/c1-27(2)23-33(37(3)25-29-13-7-4-8-14-29)34(39)36-32(35(40)38-21-11-6-12-22-38)24-28-17-19-31(20-18-28)41-26-30-15-9-5-10-16-30/h5,9-10,15-20,27,29,32-33H,4,6-8,11-14,21-26H2,1-3H3,(H,36,39). The monoisotopic (exact) mass is 561 g/mol. The predicted molar refractivity (Wildman–Crippen MR) is 166 cm³/mol. The summed E-state index contributed by atoms with van der Waals surface area (Å²) in [5.41, 5.74) is 2.14. The molecule has 41 heavy (non-hydrogen) atoms. The maximum absolute atomic E-state index is 13.9. The molecule has 1 saturated carbocycles. The van der Waals surface area contributed by atoms with Crippen LogP contribution in [0.5, 0.6) is 5.75 Å². The molecule has 6 heteroatoms. The topological polar surface area (TPSA) is 61.9 Å². The van der Waals surface area contributed by atoms with Crippen LogP contribution in [-0.4, -0.2) is 60.4 Å².